The van der Waals surface area contributed by atoms with Crippen molar-refractivity contribution in [1.29, 1.82) is 0 Å². The van der Waals surface area contributed by atoms with Crippen molar-refractivity contribution in [3.63, 3.8) is 0 Å². The lowest BCUT2D eigenvalue weighted by Gasteiger charge is -2.13. The molecule has 3 N–H and O–H groups in total. The molecule has 3 amide bonds. The summed E-state index contributed by atoms with van der Waals surface area (Å²) >= 11 is 0. The lowest BCUT2D eigenvalue weighted by molar-refractivity contribution is -0.141. The minimum absolute atomic E-state index is 0.262. The van der Waals surface area contributed by atoms with Gasteiger partial charge in [0, 0.05) is 25.2 Å². The summed E-state index contributed by atoms with van der Waals surface area (Å²) in [4.78, 5) is 34.5. The fraction of sp³-hybridized carbons (Fsp3) is 0.500. The Morgan fingerprint density at radius 1 is 1.29 bits per heavy atom. The smallest absolute Gasteiger partial charge is 0.254 e. The van der Waals surface area contributed by atoms with E-state index in [4.69, 9.17) is 10.5 Å². The van der Waals surface area contributed by atoms with Crippen LogP contribution in [0.4, 0.5) is 0 Å². The Hall–Kier alpha value is -1.73. The maximum atomic E-state index is 11.4. The Morgan fingerprint density at radius 3 is 2.53 bits per heavy atom. The number of carbonyl (C=O) groups is 3. The molecule has 0 fully saturated rings. The molecule has 7 nitrogen and oxygen atoms in total. The molecule has 0 atom stereocenters. The first-order chi connectivity index (χ1) is 8.15. The molecule has 0 saturated carbocycles. The number of nitrogens with one attached hydrogen (secondary N) is 1. The maximum Gasteiger partial charge on any atom is 0.254 e. The Morgan fingerprint density at radius 2 is 1.94 bits per heavy atom. The fourth-order valence-electron chi connectivity index (χ4n) is 1.23. The molecule has 1 heterocycles. The summed E-state index contributed by atoms with van der Waals surface area (Å²) in [6, 6.07) is 0. The van der Waals surface area contributed by atoms with Crippen LogP contribution in [-0.2, 0) is 19.1 Å². The van der Waals surface area contributed by atoms with Gasteiger partial charge in [0.25, 0.3) is 11.8 Å². The van der Waals surface area contributed by atoms with Crippen molar-refractivity contribution in [2.45, 2.75) is 0 Å². The number of amides is 3. The summed E-state index contributed by atoms with van der Waals surface area (Å²) in [5.41, 5.74) is 5.21. The molecule has 0 aromatic heterocycles. The summed E-state index contributed by atoms with van der Waals surface area (Å²) in [5, 5.41) is 2.53. The molecule has 7 heteroatoms. The Labute approximate surface area is 98.6 Å². The zero-order valence-electron chi connectivity index (χ0n) is 9.35. The van der Waals surface area contributed by atoms with Gasteiger partial charge >= 0.3 is 0 Å². The molecule has 0 spiro atoms. The predicted molar refractivity (Wildman–Crippen MR) is 58.7 cm³/mol. The van der Waals surface area contributed by atoms with E-state index in [-0.39, 0.29) is 6.54 Å². The van der Waals surface area contributed by atoms with Crippen LogP contribution in [0.5, 0.6) is 0 Å². The van der Waals surface area contributed by atoms with Crippen molar-refractivity contribution in [1.82, 2.24) is 10.2 Å². The molecule has 1 aliphatic heterocycles. The average molecular weight is 241 g/mol. The Kier molecular flexibility index (Phi) is 5.31. The molecule has 0 aromatic rings. The first kappa shape index (κ1) is 13.3. The first-order valence-electron chi connectivity index (χ1n) is 5.23. The van der Waals surface area contributed by atoms with Crippen molar-refractivity contribution in [2.75, 3.05) is 32.8 Å². The molecule has 0 aromatic carbocycles. The zero-order chi connectivity index (χ0) is 12.7. The number of nitrogens with two attached hydrogens (primary N) is 1. The normalized spacial score (nSPS) is 14.5. The van der Waals surface area contributed by atoms with Crippen LogP contribution in [0.15, 0.2) is 12.2 Å². The summed E-state index contributed by atoms with van der Waals surface area (Å²) in [6.45, 7) is 1.27. The van der Waals surface area contributed by atoms with Gasteiger partial charge in [0.2, 0.25) is 5.91 Å². The highest BCUT2D eigenvalue weighted by atomic mass is 16.5. The van der Waals surface area contributed by atoms with Crippen LogP contribution in [0.3, 0.4) is 0 Å². The Balaban J connectivity index is 2.17. The molecule has 0 radical (unpaired) electrons. The van der Waals surface area contributed by atoms with Gasteiger partial charge in [-0.05, 0) is 0 Å². The molecule has 1 aliphatic rings. The maximum absolute atomic E-state index is 11.4. The quantitative estimate of drug-likeness (QED) is 0.396. The van der Waals surface area contributed by atoms with Crippen LogP contribution in [0.2, 0.25) is 0 Å². The number of imide groups is 1. The van der Waals surface area contributed by atoms with E-state index in [0.29, 0.717) is 26.3 Å². The minimum Gasteiger partial charge on any atom is -0.378 e. The van der Waals surface area contributed by atoms with Gasteiger partial charge in [-0.15, -0.1) is 0 Å². The number of carbonyl (C=O) groups excluding carboxylic acids is 3. The topological polar surface area (TPSA) is 102 Å². The van der Waals surface area contributed by atoms with Gasteiger partial charge < -0.3 is 15.8 Å². The number of nitrogens with zero attached hydrogens (tertiary/aromatic N) is 1. The molecule has 0 saturated heterocycles. The molecular formula is C10H15N3O4. The van der Waals surface area contributed by atoms with Crippen molar-refractivity contribution in [3.8, 4) is 0 Å². The zero-order valence-corrected chi connectivity index (χ0v) is 9.35. The molecule has 0 aliphatic carbocycles. The SMILES string of the molecule is NCCOCCNC(=O)CN1C(=O)C=CC1=O. The molecule has 0 unspecified atom stereocenters. The van der Waals surface area contributed by atoms with Crippen molar-refractivity contribution in [3.05, 3.63) is 12.2 Å². The predicted octanol–water partition coefficient (Wildman–Crippen LogP) is -2.00. The third-order valence-electron chi connectivity index (χ3n) is 2.03. The van der Waals surface area contributed by atoms with Crippen molar-refractivity contribution >= 4 is 17.7 Å². The van der Waals surface area contributed by atoms with E-state index < -0.39 is 17.7 Å². The average Bonchev–Trinajstić information content (AvgIpc) is 2.60. The van der Waals surface area contributed by atoms with Crippen LogP contribution in [-0.4, -0.2) is 55.5 Å². The highest BCUT2D eigenvalue weighted by Gasteiger charge is 2.25. The third kappa shape index (κ3) is 4.33. The van der Waals surface area contributed by atoms with Crippen molar-refractivity contribution in [2.24, 2.45) is 5.73 Å². The molecule has 17 heavy (non-hydrogen) atoms. The Bertz CT molecular complexity index is 322. The van der Waals surface area contributed by atoms with Gasteiger partial charge in [-0.25, -0.2) is 0 Å². The number of rotatable bonds is 7. The van der Waals surface area contributed by atoms with Crippen LogP contribution in [0.25, 0.3) is 0 Å². The lowest BCUT2D eigenvalue weighted by Crippen LogP contribution is -2.41. The van der Waals surface area contributed by atoms with E-state index in [0.717, 1.165) is 17.1 Å². The molecule has 0 bridgehead atoms. The molecule has 1 rings (SSSR count). The fourth-order valence-corrected chi connectivity index (χ4v) is 1.23. The van der Waals surface area contributed by atoms with Gasteiger partial charge in [-0.2, -0.15) is 0 Å². The van der Waals surface area contributed by atoms with Crippen LogP contribution in [0.1, 0.15) is 0 Å². The molecular weight excluding hydrogens is 226 g/mol. The summed E-state index contributed by atoms with van der Waals surface area (Å²) < 4.78 is 5.05. The van der Waals surface area contributed by atoms with Gasteiger partial charge in [-0.3, -0.25) is 19.3 Å². The first-order valence-corrected chi connectivity index (χ1v) is 5.23. The second-order valence-corrected chi connectivity index (χ2v) is 3.35. The van der Waals surface area contributed by atoms with Gasteiger partial charge in [-0.1, -0.05) is 0 Å². The summed E-state index contributed by atoms with van der Waals surface area (Å²) in [7, 11) is 0. The van der Waals surface area contributed by atoms with E-state index in [9.17, 15) is 14.4 Å². The molecule has 94 valence electrons. The van der Waals surface area contributed by atoms with Crippen LogP contribution in [0, 0.1) is 0 Å². The highest BCUT2D eigenvalue weighted by Crippen LogP contribution is 2.01. The van der Waals surface area contributed by atoms with E-state index >= 15 is 0 Å². The van der Waals surface area contributed by atoms with E-state index in [1.54, 1.807) is 0 Å². The number of hydrogen-bond acceptors (Lipinski definition) is 5. The second-order valence-electron chi connectivity index (χ2n) is 3.35. The van der Waals surface area contributed by atoms with Crippen molar-refractivity contribution < 1.29 is 19.1 Å². The standard InChI is InChI=1S/C10H15N3O4/c11-3-5-17-6-4-12-8(14)7-13-9(15)1-2-10(13)16/h1-2H,3-7,11H2,(H,12,14). The number of ether oxygens (including phenoxy) is 1. The lowest BCUT2D eigenvalue weighted by atomic mass is 10.4. The van der Waals surface area contributed by atoms with E-state index in [2.05, 4.69) is 5.32 Å². The summed E-state index contributed by atoms with van der Waals surface area (Å²) in [5.74, 6) is -1.33. The monoisotopic (exact) mass is 241 g/mol. The van der Waals surface area contributed by atoms with Gasteiger partial charge in [0.15, 0.2) is 0 Å². The minimum atomic E-state index is -0.468. The van der Waals surface area contributed by atoms with Gasteiger partial charge in [0.1, 0.15) is 6.54 Å². The second kappa shape index (κ2) is 6.77. The summed E-state index contributed by atoms with van der Waals surface area (Å²) in [6.07, 6.45) is 2.28. The van der Waals surface area contributed by atoms with Crippen LogP contribution < -0.4 is 11.1 Å². The largest absolute Gasteiger partial charge is 0.378 e. The highest BCUT2D eigenvalue weighted by molar-refractivity contribution is 6.14. The number of hydrogen-bond donors (Lipinski definition) is 2. The van der Waals surface area contributed by atoms with Crippen LogP contribution >= 0.6 is 0 Å². The third-order valence-corrected chi connectivity index (χ3v) is 2.03. The van der Waals surface area contributed by atoms with E-state index in [1.165, 1.54) is 0 Å². The van der Waals surface area contributed by atoms with Gasteiger partial charge in [0.05, 0.1) is 13.2 Å². The van der Waals surface area contributed by atoms with E-state index in [1.807, 2.05) is 0 Å².